The van der Waals surface area contributed by atoms with Crippen LogP contribution in [0.15, 0.2) is 22.7 Å². The third-order valence-corrected chi connectivity index (χ3v) is 5.81. The molecule has 1 saturated heterocycles. The standard InChI is InChI=1S/C19H23ClN4O3/c1-26-15-7-6-12(20)11-13(15)17(25)24-10-4-5-14(24)16-22-18(23-27-16)19(21)8-2-3-9-19/h6-7,11,14H,2-5,8-10,21H2,1H3. The van der Waals surface area contributed by atoms with Crippen molar-refractivity contribution in [2.45, 2.75) is 50.1 Å². The zero-order chi connectivity index (χ0) is 19.0. The van der Waals surface area contributed by atoms with Gasteiger partial charge in [-0.3, -0.25) is 4.79 Å². The van der Waals surface area contributed by atoms with Gasteiger partial charge in [0.15, 0.2) is 5.82 Å². The van der Waals surface area contributed by atoms with Gasteiger partial charge in [0, 0.05) is 11.6 Å². The molecular weight excluding hydrogens is 368 g/mol. The molecule has 1 aromatic heterocycles. The number of likely N-dealkylation sites (tertiary alicyclic amines) is 1. The summed E-state index contributed by atoms with van der Waals surface area (Å²) in [7, 11) is 1.54. The molecule has 0 radical (unpaired) electrons. The molecule has 1 aromatic carbocycles. The highest BCUT2D eigenvalue weighted by molar-refractivity contribution is 6.31. The summed E-state index contributed by atoms with van der Waals surface area (Å²) in [5.74, 6) is 1.34. The summed E-state index contributed by atoms with van der Waals surface area (Å²) in [6.07, 6.45) is 5.50. The minimum Gasteiger partial charge on any atom is -0.496 e. The molecule has 1 aliphatic heterocycles. The average Bonchev–Trinajstić information content (AvgIpc) is 3.41. The smallest absolute Gasteiger partial charge is 0.258 e. The number of aromatic nitrogens is 2. The van der Waals surface area contributed by atoms with Gasteiger partial charge in [0.05, 0.1) is 18.2 Å². The summed E-state index contributed by atoms with van der Waals surface area (Å²) in [5, 5.41) is 4.62. The number of ether oxygens (including phenoxy) is 1. The molecule has 1 saturated carbocycles. The minimum atomic E-state index is -0.509. The second kappa shape index (κ2) is 7.13. The Labute approximate surface area is 162 Å². The van der Waals surface area contributed by atoms with Crippen molar-refractivity contribution in [1.82, 2.24) is 15.0 Å². The molecule has 4 rings (SSSR count). The lowest BCUT2D eigenvalue weighted by Gasteiger charge is -2.23. The van der Waals surface area contributed by atoms with Crippen LogP contribution in [0.25, 0.3) is 0 Å². The Balaban J connectivity index is 1.61. The molecule has 1 atom stereocenters. The van der Waals surface area contributed by atoms with Gasteiger partial charge in [-0.25, -0.2) is 0 Å². The molecule has 2 N–H and O–H groups in total. The maximum absolute atomic E-state index is 13.2. The van der Waals surface area contributed by atoms with Crippen molar-refractivity contribution < 1.29 is 14.1 Å². The maximum Gasteiger partial charge on any atom is 0.258 e. The Morgan fingerprint density at radius 3 is 2.89 bits per heavy atom. The van der Waals surface area contributed by atoms with Gasteiger partial charge in [-0.05, 0) is 43.9 Å². The molecule has 1 amide bonds. The summed E-state index contributed by atoms with van der Waals surface area (Å²) in [5.41, 5.74) is 6.36. The van der Waals surface area contributed by atoms with Crippen molar-refractivity contribution >= 4 is 17.5 Å². The van der Waals surface area contributed by atoms with Gasteiger partial charge in [0.25, 0.3) is 5.91 Å². The lowest BCUT2D eigenvalue weighted by atomic mass is 9.98. The van der Waals surface area contributed by atoms with Crippen LogP contribution in [-0.4, -0.2) is 34.6 Å². The van der Waals surface area contributed by atoms with Gasteiger partial charge in [0.2, 0.25) is 5.89 Å². The monoisotopic (exact) mass is 390 g/mol. The summed E-state index contributed by atoms with van der Waals surface area (Å²) < 4.78 is 10.9. The second-order valence-electron chi connectivity index (χ2n) is 7.32. The lowest BCUT2D eigenvalue weighted by Crippen LogP contribution is -2.34. The SMILES string of the molecule is COc1ccc(Cl)cc1C(=O)N1CCCC1c1nc(C2(N)CCCC2)no1. The molecule has 8 heteroatoms. The van der Waals surface area contributed by atoms with E-state index in [-0.39, 0.29) is 11.9 Å². The number of nitrogens with two attached hydrogens (primary N) is 1. The second-order valence-corrected chi connectivity index (χ2v) is 7.76. The number of rotatable bonds is 4. The Hall–Kier alpha value is -2.12. The third kappa shape index (κ3) is 3.30. The first kappa shape index (κ1) is 18.3. The van der Waals surface area contributed by atoms with Gasteiger partial charge in [0.1, 0.15) is 11.8 Å². The van der Waals surface area contributed by atoms with Crippen LogP contribution in [0.3, 0.4) is 0 Å². The van der Waals surface area contributed by atoms with E-state index < -0.39 is 5.54 Å². The molecule has 144 valence electrons. The highest BCUT2D eigenvalue weighted by atomic mass is 35.5. The van der Waals surface area contributed by atoms with Gasteiger partial charge in [-0.15, -0.1) is 0 Å². The number of nitrogens with zero attached hydrogens (tertiary/aromatic N) is 3. The summed E-state index contributed by atoms with van der Waals surface area (Å²) in [6.45, 7) is 0.616. The third-order valence-electron chi connectivity index (χ3n) is 5.57. The molecule has 0 bridgehead atoms. The Morgan fingerprint density at radius 2 is 2.15 bits per heavy atom. The highest BCUT2D eigenvalue weighted by Gasteiger charge is 2.39. The zero-order valence-corrected chi connectivity index (χ0v) is 16.0. The number of carbonyl (C=O) groups excluding carboxylic acids is 1. The fraction of sp³-hybridized carbons (Fsp3) is 0.526. The zero-order valence-electron chi connectivity index (χ0n) is 15.3. The van der Waals surface area contributed by atoms with Crippen molar-refractivity contribution in [3.8, 4) is 5.75 Å². The average molecular weight is 391 g/mol. The van der Waals surface area contributed by atoms with Crippen LogP contribution < -0.4 is 10.5 Å². The van der Waals surface area contributed by atoms with E-state index in [0.29, 0.717) is 34.6 Å². The molecular formula is C19H23ClN4O3. The van der Waals surface area contributed by atoms with Crippen molar-refractivity contribution in [3.05, 3.63) is 40.5 Å². The van der Waals surface area contributed by atoms with Crippen molar-refractivity contribution in [2.75, 3.05) is 13.7 Å². The molecule has 2 aromatic rings. The number of hydrogen-bond acceptors (Lipinski definition) is 6. The number of amides is 1. The van der Waals surface area contributed by atoms with Gasteiger partial charge >= 0.3 is 0 Å². The van der Waals surface area contributed by atoms with E-state index >= 15 is 0 Å². The van der Waals surface area contributed by atoms with Crippen LogP contribution in [0.1, 0.15) is 66.6 Å². The Bertz CT molecular complexity index is 847. The summed E-state index contributed by atoms with van der Waals surface area (Å²) in [4.78, 5) is 19.5. The largest absolute Gasteiger partial charge is 0.496 e. The molecule has 2 heterocycles. The minimum absolute atomic E-state index is 0.153. The Morgan fingerprint density at radius 1 is 1.37 bits per heavy atom. The molecule has 7 nitrogen and oxygen atoms in total. The highest BCUT2D eigenvalue weighted by Crippen LogP contribution is 2.38. The molecule has 1 aliphatic carbocycles. The van der Waals surface area contributed by atoms with Crippen molar-refractivity contribution in [1.29, 1.82) is 0 Å². The van der Waals surface area contributed by atoms with E-state index in [2.05, 4.69) is 10.1 Å². The fourth-order valence-electron chi connectivity index (χ4n) is 4.07. The van der Waals surface area contributed by atoms with E-state index in [4.69, 9.17) is 26.6 Å². The topological polar surface area (TPSA) is 94.5 Å². The molecule has 27 heavy (non-hydrogen) atoms. The van der Waals surface area contributed by atoms with Gasteiger partial charge in [-0.1, -0.05) is 29.6 Å². The lowest BCUT2D eigenvalue weighted by molar-refractivity contribution is 0.0706. The van der Waals surface area contributed by atoms with Crippen LogP contribution in [-0.2, 0) is 5.54 Å². The van der Waals surface area contributed by atoms with Crippen LogP contribution in [0.4, 0.5) is 0 Å². The first-order chi connectivity index (χ1) is 13.0. The van der Waals surface area contributed by atoms with E-state index in [1.165, 1.54) is 7.11 Å². The predicted molar refractivity (Wildman–Crippen MR) is 99.6 cm³/mol. The molecule has 1 unspecified atom stereocenters. The first-order valence-corrected chi connectivity index (χ1v) is 9.67. The molecule has 2 fully saturated rings. The van der Waals surface area contributed by atoms with Crippen LogP contribution in [0.2, 0.25) is 5.02 Å². The van der Waals surface area contributed by atoms with Gasteiger partial charge in [-0.2, -0.15) is 4.98 Å². The van der Waals surface area contributed by atoms with E-state index in [0.717, 1.165) is 38.5 Å². The predicted octanol–water partition coefficient (Wildman–Crippen LogP) is 3.44. The van der Waals surface area contributed by atoms with Gasteiger partial charge < -0.3 is 19.9 Å². The number of benzene rings is 1. The quantitative estimate of drug-likeness (QED) is 0.859. The van der Waals surface area contributed by atoms with E-state index in [1.54, 1.807) is 23.1 Å². The Kier molecular flexibility index (Phi) is 4.82. The van der Waals surface area contributed by atoms with E-state index in [1.807, 2.05) is 0 Å². The first-order valence-electron chi connectivity index (χ1n) is 9.29. The maximum atomic E-state index is 13.2. The van der Waals surface area contributed by atoms with Crippen LogP contribution in [0.5, 0.6) is 5.75 Å². The van der Waals surface area contributed by atoms with Crippen molar-refractivity contribution in [3.63, 3.8) is 0 Å². The normalized spacial score (nSPS) is 21.6. The van der Waals surface area contributed by atoms with E-state index in [9.17, 15) is 4.79 Å². The van der Waals surface area contributed by atoms with Crippen LogP contribution in [0, 0.1) is 0 Å². The molecule has 2 aliphatic rings. The number of halogens is 1. The van der Waals surface area contributed by atoms with Crippen LogP contribution >= 0.6 is 11.6 Å². The number of methoxy groups -OCH3 is 1. The fourth-order valence-corrected chi connectivity index (χ4v) is 4.24. The number of hydrogen-bond donors (Lipinski definition) is 1. The molecule has 0 spiro atoms. The summed E-state index contributed by atoms with van der Waals surface area (Å²) in [6, 6.07) is 4.77. The summed E-state index contributed by atoms with van der Waals surface area (Å²) >= 11 is 6.09. The van der Waals surface area contributed by atoms with Crippen molar-refractivity contribution in [2.24, 2.45) is 5.73 Å². The number of carbonyl (C=O) groups is 1.